The molecule has 1 saturated heterocycles. The molecule has 2 aromatic rings. The maximum Gasteiger partial charge on any atom is 0.325 e. The Morgan fingerprint density at radius 3 is 3.10 bits per heavy atom. The van der Waals surface area contributed by atoms with Crippen molar-refractivity contribution in [2.45, 2.75) is 25.3 Å². The molecule has 112 valence electrons. The van der Waals surface area contributed by atoms with Gasteiger partial charge in [-0.2, -0.15) is 0 Å². The first-order chi connectivity index (χ1) is 10.2. The van der Waals surface area contributed by atoms with Gasteiger partial charge < -0.3 is 20.4 Å². The summed E-state index contributed by atoms with van der Waals surface area (Å²) in [4.78, 5) is 17.2. The molecule has 1 aromatic carbocycles. The molecule has 0 spiro atoms. The minimum absolute atomic E-state index is 0.110. The molecule has 5 heteroatoms. The Morgan fingerprint density at radius 1 is 1.52 bits per heavy atom. The Morgan fingerprint density at radius 2 is 2.38 bits per heavy atom. The number of carbonyl (C=O) groups excluding carboxylic acids is 1. The van der Waals surface area contributed by atoms with Crippen molar-refractivity contribution in [1.82, 2.24) is 9.88 Å². The molecule has 2 heterocycles. The number of aromatic amines is 1. The molecular formula is C16H21N3O2. The minimum atomic E-state index is -0.410. The summed E-state index contributed by atoms with van der Waals surface area (Å²) >= 11 is 0. The number of ether oxygens (including phenoxy) is 1. The lowest BCUT2D eigenvalue weighted by atomic mass is 10.0. The number of nitrogens with zero attached hydrogens (tertiary/aromatic N) is 1. The van der Waals surface area contributed by atoms with Crippen LogP contribution < -0.4 is 10.5 Å². The van der Waals surface area contributed by atoms with E-state index in [0.717, 1.165) is 23.9 Å². The first-order valence-corrected chi connectivity index (χ1v) is 7.39. The van der Waals surface area contributed by atoms with Crippen LogP contribution in [0.3, 0.4) is 0 Å². The van der Waals surface area contributed by atoms with Crippen molar-refractivity contribution in [1.29, 1.82) is 0 Å². The molecule has 1 aliphatic rings. The van der Waals surface area contributed by atoms with Gasteiger partial charge in [-0.1, -0.05) is 6.07 Å². The predicted octanol–water partition coefficient (Wildman–Crippen LogP) is 1.67. The molecule has 21 heavy (non-hydrogen) atoms. The van der Waals surface area contributed by atoms with Crippen LogP contribution in [0.2, 0.25) is 0 Å². The van der Waals surface area contributed by atoms with Crippen molar-refractivity contribution >= 4 is 16.9 Å². The second kappa shape index (κ2) is 5.87. The summed E-state index contributed by atoms with van der Waals surface area (Å²) < 4.78 is 5.37. The molecular weight excluding hydrogens is 266 g/mol. The summed E-state index contributed by atoms with van der Waals surface area (Å²) in [5, 5.41) is 1.000. The summed E-state index contributed by atoms with van der Waals surface area (Å²) in [6.07, 6.45) is 5.46. The van der Waals surface area contributed by atoms with Gasteiger partial charge in [0.2, 0.25) is 0 Å². The van der Waals surface area contributed by atoms with Crippen LogP contribution in [0.25, 0.3) is 10.9 Å². The highest BCUT2D eigenvalue weighted by atomic mass is 16.5. The zero-order chi connectivity index (χ0) is 14.8. The molecule has 0 radical (unpaired) electrons. The number of nitrogens with two attached hydrogens (primary N) is 1. The molecule has 1 aliphatic heterocycles. The summed E-state index contributed by atoms with van der Waals surface area (Å²) in [6.45, 7) is 1.05. The van der Waals surface area contributed by atoms with Gasteiger partial charge in [0.25, 0.3) is 0 Å². The second-order valence-corrected chi connectivity index (χ2v) is 5.65. The van der Waals surface area contributed by atoms with Crippen molar-refractivity contribution in [2.75, 3.05) is 20.1 Å². The van der Waals surface area contributed by atoms with E-state index in [1.54, 1.807) is 0 Å². The van der Waals surface area contributed by atoms with Gasteiger partial charge in [-0.25, -0.2) is 0 Å². The van der Waals surface area contributed by atoms with E-state index < -0.39 is 5.97 Å². The van der Waals surface area contributed by atoms with Crippen LogP contribution in [0.4, 0.5) is 0 Å². The molecule has 1 fully saturated rings. The van der Waals surface area contributed by atoms with Crippen LogP contribution in [0.15, 0.2) is 24.4 Å². The van der Waals surface area contributed by atoms with Gasteiger partial charge in [-0.3, -0.25) is 4.79 Å². The topological polar surface area (TPSA) is 71.3 Å². The number of likely N-dealkylation sites (tertiary alicyclic amines) is 1. The Hall–Kier alpha value is -1.85. The van der Waals surface area contributed by atoms with Gasteiger partial charge in [0.15, 0.2) is 0 Å². The van der Waals surface area contributed by atoms with Crippen molar-refractivity contribution in [2.24, 2.45) is 5.73 Å². The first-order valence-electron chi connectivity index (χ1n) is 7.39. The minimum Gasteiger partial charge on any atom is -0.425 e. The SMILES string of the molecule is CN1CCC[C@@H]1Cc1c[nH]c2cccc(OC(=O)CN)c12. The average molecular weight is 287 g/mol. The van der Waals surface area contributed by atoms with Crippen LogP contribution in [0, 0.1) is 0 Å². The van der Waals surface area contributed by atoms with E-state index in [9.17, 15) is 4.79 Å². The number of likely N-dealkylation sites (N-methyl/N-ethyl adjacent to an activating group) is 1. The summed E-state index contributed by atoms with van der Waals surface area (Å²) in [6, 6.07) is 6.26. The smallest absolute Gasteiger partial charge is 0.325 e. The van der Waals surface area contributed by atoms with Crippen LogP contribution in [0.5, 0.6) is 5.75 Å². The molecule has 1 atom stereocenters. The molecule has 0 aliphatic carbocycles. The molecule has 0 unspecified atom stereocenters. The Bertz CT molecular complexity index is 650. The van der Waals surface area contributed by atoms with Crippen LogP contribution in [-0.4, -0.2) is 42.0 Å². The van der Waals surface area contributed by atoms with Gasteiger partial charge >= 0.3 is 5.97 Å². The summed E-state index contributed by atoms with van der Waals surface area (Å²) in [5.41, 5.74) is 7.53. The summed E-state index contributed by atoms with van der Waals surface area (Å²) in [5.74, 6) is 0.187. The fourth-order valence-electron chi connectivity index (χ4n) is 3.12. The normalized spacial score (nSPS) is 19.2. The largest absolute Gasteiger partial charge is 0.425 e. The zero-order valence-electron chi connectivity index (χ0n) is 12.3. The average Bonchev–Trinajstić information content (AvgIpc) is 3.07. The number of esters is 1. The molecule has 0 bridgehead atoms. The first kappa shape index (κ1) is 14.1. The number of hydrogen-bond acceptors (Lipinski definition) is 4. The van der Waals surface area contributed by atoms with Crippen LogP contribution in [0.1, 0.15) is 18.4 Å². The number of aromatic nitrogens is 1. The number of rotatable bonds is 4. The standard InChI is InChI=1S/C16H21N3O2/c1-19-7-3-4-12(19)8-11-10-18-13-5-2-6-14(16(11)13)21-15(20)9-17/h2,5-6,10,12,18H,3-4,7-9,17H2,1H3/t12-/m1/s1. The molecule has 0 amide bonds. The number of fused-ring (bicyclic) bond motifs is 1. The van der Waals surface area contributed by atoms with E-state index in [1.807, 2.05) is 24.4 Å². The number of benzene rings is 1. The molecule has 3 N–H and O–H groups in total. The number of nitrogens with one attached hydrogen (secondary N) is 1. The fourth-order valence-corrected chi connectivity index (χ4v) is 3.12. The maximum absolute atomic E-state index is 11.5. The highest BCUT2D eigenvalue weighted by molar-refractivity contribution is 5.91. The van der Waals surface area contributed by atoms with Crippen LogP contribution in [-0.2, 0) is 11.2 Å². The van der Waals surface area contributed by atoms with E-state index in [4.69, 9.17) is 10.5 Å². The third kappa shape index (κ3) is 2.80. The third-order valence-electron chi connectivity index (χ3n) is 4.27. The summed E-state index contributed by atoms with van der Waals surface area (Å²) in [7, 11) is 2.17. The Balaban J connectivity index is 1.93. The van der Waals surface area contributed by atoms with Crippen molar-refractivity contribution in [3.8, 4) is 5.75 Å². The van der Waals surface area contributed by atoms with E-state index in [2.05, 4.69) is 16.9 Å². The highest BCUT2D eigenvalue weighted by Crippen LogP contribution is 2.31. The predicted molar refractivity (Wildman–Crippen MR) is 82.3 cm³/mol. The lowest BCUT2D eigenvalue weighted by Gasteiger charge is -2.19. The quantitative estimate of drug-likeness (QED) is 0.663. The van der Waals surface area contributed by atoms with Crippen LogP contribution >= 0.6 is 0 Å². The Labute approximate surface area is 124 Å². The highest BCUT2D eigenvalue weighted by Gasteiger charge is 2.23. The van der Waals surface area contributed by atoms with Gasteiger partial charge in [-0.15, -0.1) is 0 Å². The van der Waals surface area contributed by atoms with E-state index in [1.165, 1.54) is 18.4 Å². The molecule has 0 saturated carbocycles. The maximum atomic E-state index is 11.5. The molecule has 1 aromatic heterocycles. The third-order valence-corrected chi connectivity index (χ3v) is 4.27. The zero-order valence-corrected chi connectivity index (χ0v) is 12.3. The van der Waals surface area contributed by atoms with Crippen molar-refractivity contribution in [3.63, 3.8) is 0 Å². The monoisotopic (exact) mass is 287 g/mol. The van der Waals surface area contributed by atoms with Gasteiger partial charge in [0, 0.05) is 23.1 Å². The van der Waals surface area contributed by atoms with Crippen molar-refractivity contribution < 1.29 is 9.53 Å². The number of carbonyl (C=O) groups is 1. The lowest BCUT2D eigenvalue weighted by molar-refractivity contribution is -0.132. The van der Waals surface area contributed by atoms with E-state index in [0.29, 0.717) is 11.8 Å². The lowest BCUT2D eigenvalue weighted by Crippen LogP contribution is -2.26. The van der Waals surface area contributed by atoms with Crippen molar-refractivity contribution in [3.05, 3.63) is 30.0 Å². The number of hydrogen-bond donors (Lipinski definition) is 2. The van der Waals surface area contributed by atoms with Gasteiger partial charge in [-0.05, 0) is 50.6 Å². The molecule has 3 rings (SSSR count). The Kier molecular flexibility index (Phi) is 3.94. The van der Waals surface area contributed by atoms with Gasteiger partial charge in [0.1, 0.15) is 5.75 Å². The second-order valence-electron chi connectivity index (χ2n) is 5.65. The number of H-pyrrole nitrogens is 1. The molecule has 5 nitrogen and oxygen atoms in total. The fraction of sp³-hybridized carbons (Fsp3) is 0.438. The van der Waals surface area contributed by atoms with Gasteiger partial charge in [0.05, 0.1) is 6.54 Å². The van der Waals surface area contributed by atoms with E-state index >= 15 is 0 Å². The van der Waals surface area contributed by atoms with E-state index in [-0.39, 0.29) is 6.54 Å².